The number of aromatic nitrogens is 2. The number of carbonyl (C=O) groups is 3. The highest BCUT2D eigenvalue weighted by molar-refractivity contribution is 6.05. The summed E-state index contributed by atoms with van der Waals surface area (Å²) in [7, 11) is 3.46. The molecule has 10 heteroatoms. The monoisotopic (exact) mass is 554 g/mol. The number of nitrogens with one attached hydrogen (secondary N) is 3. The molecule has 1 saturated heterocycles. The molecule has 0 atom stereocenters. The molecule has 3 heterocycles. The van der Waals surface area contributed by atoms with E-state index in [0.29, 0.717) is 28.2 Å². The second-order valence-corrected chi connectivity index (χ2v) is 10.4. The van der Waals surface area contributed by atoms with Crippen LogP contribution in [0, 0.1) is 6.92 Å². The first kappa shape index (κ1) is 28.0. The molecule has 0 radical (unpaired) electrons. The van der Waals surface area contributed by atoms with E-state index >= 15 is 0 Å². The largest absolute Gasteiger partial charge is 0.464 e. The van der Waals surface area contributed by atoms with Gasteiger partial charge in [-0.2, -0.15) is 0 Å². The number of nitrogens with zero attached hydrogens (tertiary/aromatic N) is 3. The highest BCUT2D eigenvalue weighted by Gasteiger charge is 2.16. The van der Waals surface area contributed by atoms with Gasteiger partial charge in [-0.1, -0.05) is 18.2 Å². The van der Waals surface area contributed by atoms with Crippen molar-refractivity contribution in [2.24, 2.45) is 0 Å². The normalized spacial score (nSPS) is 14.1. The Morgan fingerprint density at radius 2 is 1.71 bits per heavy atom. The van der Waals surface area contributed by atoms with Crippen molar-refractivity contribution in [2.45, 2.75) is 20.0 Å². The maximum absolute atomic E-state index is 13.0. The topological polar surface area (TPSA) is 120 Å². The third-order valence-corrected chi connectivity index (χ3v) is 7.34. The van der Waals surface area contributed by atoms with Crippen LogP contribution in [-0.2, 0) is 17.8 Å². The average molecular weight is 555 g/mol. The highest BCUT2D eigenvalue weighted by atomic mass is 16.5. The van der Waals surface area contributed by atoms with Gasteiger partial charge in [-0.05, 0) is 67.1 Å². The molecular formula is C31H34N6O4. The summed E-state index contributed by atoms with van der Waals surface area (Å²) < 4.78 is 4.74. The standard InChI is InChI=1S/C31H34N6O4/c1-20-4-9-25(34-29(38)23-7-5-21(6-8-23)19-37-12-10-36(2)11-13-37)16-26(20)30(39)33-18-22-14-24-15-27(31(40)41-3)35-28(24)32-17-22/h4-9,14-17H,10-13,18-19H2,1-3H3,(H,32,35)(H,33,39)(H,34,38). The number of aryl methyl sites for hydroxylation is 1. The van der Waals surface area contributed by atoms with Crippen molar-refractivity contribution < 1.29 is 19.1 Å². The second kappa shape index (κ2) is 12.3. The molecule has 3 N–H and O–H groups in total. The van der Waals surface area contributed by atoms with Crippen LogP contribution in [0.1, 0.15) is 47.9 Å². The molecule has 0 unspecified atom stereocenters. The summed E-state index contributed by atoms with van der Waals surface area (Å²) in [6, 6.07) is 16.5. The molecule has 4 aromatic rings. The lowest BCUT2D eigenvalue weighted by Crippen LogP contribution is -2.43. The predicted molar refractivity (Wildman–Crippen MR) is 157 cm³/mol. The minimum Gasteiger partial charge on any atom is -0.464 e. The molecule has 2 aromatic heterocycles. The number of rotatable bonds is 8. The van der Waals surface area contributed by atoms with Gasteiger partial charge in [0.1, 0.15) is 11.3 Å². The van der Waals surface area contributed by atoms with Crippen LogP contribution in [0.2, 0.25) is 0 Å². The molecule has 0 saturated carbocycles. The summed E-state index contributed by atoms with van der Waals surface area (Å²) in [6.45, 7) is 7.18. The Labute approximate surface area is 238 Å². The minimum atomic E-state index is -0.474. The number of hydrogen-bond donors (Lipinski definition) is 3. The number of amides is 2. The number of esters is 1. The van der Waals surface area contributed by atoms with Crippen molar-refractivity contribution in [1.82, 2.24) is 25.1 Å². The summed E-state index contributed by atoms with van der Waals surface area (Å²) in [5.41, 5.74) is 5.18. The van der Waals surface area contributed by atoms with Gasteiger partial charge in [-0.3, -0.25) is 14.5 Å². The van der Waals surface area contributed by atoms with Crippen molar-refractivity contribution in [3.63, 3.8) is 0 Å². The average Bonchev–Trinajstić information content (AvgIpc) is 3.41. The smallest absolute Gasteiger partial charge is 0.354 e. The molecule has 1 aliphatic heterocycles. The number of pyridine rings is 1. The lowest BCUT2D eigenvalue weighted by atomic mass is 10.1. The van der Waals surface area contributed by atoms with Gasteiger partial charge in [0.15, 0.2) is 0 Å². The van der Waals surface area contributed by atoms with E-state index in [0.717, 1.165) is 49.2 Å². The SMILES string of the molecule is COC(=O)c1cc2cc(CNC(=O)c3cc(NC(=O)c4ccc(CN5CCN(C)CC5)cc4)ccc3C)cnc2[nH]1. The first-order valence-electron chi connectivity index (χ1n) is 13.5. The van der Waals surface area contributed by atoms with Crippen molar-refractivity contribution >= 4 is 34.5 Å². The number of benzene rings is 2. The molecule has 41 heavy (non-hydrogen) atoms. The van der Waals surface area contributed by atoms with Gasteiger partial charge in [0, 0.05) is 67.7 Å². The van der Waals surface area contributed by atoms with E-state index in [1.54, 1.807) is 24.4 Å². The number of carbonyl (C=O) groups excluding carboxylic acids is 3. The van der Waals surface area contributed by atoms with E-state index in [-0.39, 0.29) is 18.4 Å². The van der Waals surface area contributed by atoms with Crippen LogP contribution in [-0.4, -0.2) is 77.9 Å². The van der Waals surface area contributed by atoms with E-state index in [2.05, 4.69) is 37.4 Å². The van der Waals surface area contributed by atoms with Gasteiger partial charge in [0.2, 0.25) is 0 Å². The zero-order valence-electron chi connectivity index (χ0n) is 23.5. The molecule has 1 fully saturated rings. The van der Waals surface area contributed by atoms with Crippen molar-refractivity contribution in [1.29, 1.82) is 0 Å². The summed E-state index contributed by atoms with van der Waals surface area (Å²) in [4.78, 5) is 49.7. The van der Waals surface area contributed by atoms with E-state index in [9.17, 15) is 14.4 Å². The maximum atomic E-state index is 13.0. The predicted octanol–water partition coefficient (Wildman–Crippen LogP) is 3.59. The van der Waals surface area contributed by atoms with E-state index in [4.69, 9.17) is 4.74 Å². The Kier molecular flexibility index (Phi) is 8.42. The lowest BCUT2D eigenvalue weighted by Gasteiger charge is -2.32. The van der Waals surface area contributed by atoms with Gasteiger partial charge >= 0.3 is 5.97 Å². The molecule has 2 amide bonds. The lowest BCUT2D eigenvalue weighted by molar-refractivity contribution is 0.0594. The van der Waals surface area contributed by atoms with Crippen LogP contribution < -0.4 is 10.6 Å². The van der Waals surface area contributed by atoms with Gasteiger partial charge in [0.25, 0.3) is 11.8 Å². The maximum Gasteiger partial charge on any atom is 0.354 e. The van der Waals surface area contributed by atoms with E-state index in [1.165, 1.54) is 12.7 Å². The molecule has 0 aliphatic carbocycles. The Morgan fingerprint density at radius 3 is 2.44 bits per heavy atom. The fourth-order valence-corrected chi connectivity index (χ4v) is 4.83. The summed E-state index contributed by atoms with van der Waals surface area (Å²) in [6.07, 6.45) is 1.64. The molecule has 1 aliphatic rings. The Hall–Kier alpha value is -4.54. The quantitative estimate of drug-likeness (QED) is 0.285. The van der Waals surface area contributed by atoms with Gasteiger partial charge < -0.3 is 25.3 Å². The van der Waals surface area contributed by atoms with Crippen LogP contribution in [0.5, 0.6) is 0 Å². The van der Waals surface area contributed by atoms with E-state index < -0.39 is 5.97 Å². The Balaban J connectivity index is 1.19. The summed E-state index contributed by atoms with van der Waals surface area (Å²) >= 11 is 0. The van der Waals surface area contributed by atoms with Gasteiger partial charge in [0.05, 0.1) is 7.11 Å². The molecule has 0 spiro atoms. The fraction of sp³-hybridized carbons (Fsp3) is 0.290. The van der Waals surface area contributed by atoms with Crippen molar-refractivity contribution in [3.05, 3.63) is 94.3 Å². The van der Waals surface area contributed by atoms with Gasteiger partial charge in [-0.25, -0.2) is 9.78 Å². The van der Waals surface area contributed by atoms with E-state index in [1.807, 2.05) is 43.3 Å². The van der Waals surface area contributed by atoms with Crippen LogP contribution in [0.15, 0.2) is 60.8 Å². The van der Waals surface area contributed by atoms with Crippen LogP contribution in [0.4, 0.5) is 5.69 Å². The zero-order valence-corrected chi connectivity index (χ0v) is 23.5. The molecule has 0 bridgehead atoms. The molecule has 5 rings (SSSR count). The number of fused-ring (bicyclic) bond motifs is 1. The fourth-order valence-electron chi connectivity index (χ4n) is 4.83. The first-order chi connectivity index (χ1) is 19.8. The van der Waals surface area contributed by atoms with Crippen molar-refractivity contribution in [3.8, 4) is 0 Å². The number of piperazine rings is 1. The zero-order chi connectivity index (χ0) is 28.9. The third kappa shape index (κ3) is 6.79. The molecule has 212 valence electrons. The number of anilines is 1. The number of aromatic amines is 1. The summed E-state index contributed by atoms with van der Waals surface area (Å²) in [5.74, 6) is -0.974. The summed E-state index contributed by atoms with van der Waals surface area (Å²) in [5, 5.41) is 6.57. The Morgan fingerprint density at radius 1 is 0.951 bits per heavy atom. The number of hydrogen-bond acceptors (Lipinski definition) is 7. The van der Waals surface area contributed by atoms with Crippen molar-refractivity contribution in [2.75, 3.05) is 45.7 Å². The first-order valence-corrected chi connectivity index (χ1v) is 13.5. The minimum absolute atomic E-state index is 0.233. The number of ether oxygens (including phenoxy) is 1. The van der Waals surface area contributed by atoms with Crippen LogP contribution in [0.3, 0.4) is 0 Å². The van der Waals surface area contributed by atoms with Crippen LogP contribution in [0.25, 0.3) is 11.0 Å². The van der Waals surface area contributed by atoms with Gasteiger partial charge in [-0.15, -0.1) is 0 Å². The highest BCUT2D eigenvalue weighted by Crippen LogP contribution is 2.19. The molecule has 10 nitrogen and oxygen atoms in total. The Bertz CT molecular complexity index is 1570. The van der Waals surface area contributed by atoms with Crippen LogP contribution >= 0.6 is 0 Å². The molecular weight excluding hydrogens is 520 g/mol. The third-order valence-electron chi connectivity index (χ3n) is 7.34. The number of H-pyrrole nitrogens is 1. The molecule has 2 aromatic carbocycles. The second-order valence-electron chi connectivity index (χ2n) is 10.4. The number of methoxy groups -OCH3 is 1. The number of likely N-dealkylation sites (N-methyl/N-ethyl adjacent to an activating group) is 1.